The highest BCUT2D eigenvalue weighted by Gasteiger charge is 2.47. The van der Waals surface area contributed by atoms with E-state index in [1.54, 1.807) is 7.11 Å². The Labute approximate surface area is 149 Å². The smallest absolute Gasteiger partial charge is 0.122 e. The monoisotopic (exact) mass is 380 g/mol. The Kier molecular flexibility index (Phi) is 5.63. The quantitative estimate of drug-likeness (QED) is 0.688. The number of hydrogen-bond donors (Lipinski definition) is 1. The van der Waals surface area contributed by atoms with Gasteiger partial charge in [-0.3, -0.25) is 0 Å². The molecule has 1 fully saturated rings. The van der Waals surface area contributed by atoms with E-state index in [1.807, 2.05) is 13.0 Å². The van der Waals surface area contributed by atoms with Crippen LogP contribution >= 0.6 is 15.9 Å². The molecule has 2 nitrogen and oxygen atoms in total. The Morgan fingerprint density at radius 3 is 2.70 bits per heavy atom. The molecule has 0 amide bonds. The van der Waals surface area contributed by atoms with Crippen LogP contribution in [-0.2, 0) is 6.42 Å². The summed E-state index contributed by atoms with van der Waals surface area (Å²) in [5, 5.41) is 11.5. The second kappa shape index (κ2) is 6.98. The average Bonchev–Trinajstić information content (AvgIpc) is 2.46. The molecule has 0 spiro atoms. The van der Waals surface area contributed by atoms with Crippen LogP contribution in [0, 0.1) is 18.3 Å². The number of aryl methyl sites for hydroxylation is 1. The summed E-state index contributed by atoms with van der Waals surface area (Å²) in [6.45, 7) is 10.5. The molecule has 1 saturated carbocycles. The lowest BCUT2D eigenvalue weighted by Gasteiger charge is -2.49. The van der Waals surface area contributed by atoms with Crippen LogP contribution in [0.5, 0.6) is 5.75 Å². The van der Waals surface area contributed by atoms with E-state index in [4.69, 9.17) is 4.74 Å². The molecule has 0 heterocycles. The van der Waals surface area contributed by atoms with Gasteiger partial charge in [-0.25, -0.2) is 0 Å². The largest absolute Gasteiger partial charge is 0.496 e. The van der Waals surface area contributed by atoms with Gasteiger partial charge >= 0.3 is 0 Å². The van der Waals surface area contributed by atoms with Gasteiger partial charge < -0.3 is 9.84 Å². The zero-order valence-corrected chi connectivity index (χ0v) is 16.4. The van der Waals surface area contributed by atoms with Gasteiger partial charge in [-0.1, -0.05) is 42.3 Å². The minimum atomic E-state index is -0.696. The molecule has 0 radical (unpaired) electrons. The first-order chi connectivity index (χ1) is 10.7. The van der Waals surface area contributed by atoms with Crippen molar-refractivity contribution in [2.24, 2.45) is 11.3 Å². The van der Waals surface area contributed by atoms with Crippen molar-refractivity contribution in [2.45, 2.75) is 58.5 Å². The number of methoxy groups -OCH3 is 1. The Morgan fingerprint density at radius 2 is 2.09 bits per heavy atom. The van der Waals surface area contributed by atoms with Crippen LogP contribution in [0.15, 0.2) is 29.3 Å². The normalized spacial score (nSPS) is 26.8. The molecule has 1 N–H and O–H groups in total. The summed E-state index contributed by atoms with van der Waals surface area (Å²) in [5.41, 5.74) is 1.64. The lowest BCUT2D eigenvalue weighted by molar-refractivity contribution is -0.100. The minimum absolute atomic E-state index is 0.127. The topological polar surface area (TPSA) is 29.5 Å². The van der Waals surface area contributed by atoms with Crippen LogP contribution in [0.4, 0.5) is 0 Å². The molecule has 2 atom stereocenters. The van der Waals surface area contributed by atoms with Gasteiger partial charge in [0.1, 0.15) is 5.75 Å². The van der Waals surface area contributed by atoms with Gasteiger partial charge in [-0.05, 0) is 60.8 Å². The second-order valence-electron chi connectivity index (χ2n) is 7.61. The maximum absolute atomic E-state index is 11.5. The molecule has 3 heteroatoms. The summed E-state index contributed by atoms with van der Waals surface area (Å²) >= 11 is 3.66. The maximum Gasteiger partial charge on any atom is 0.122 e. The average molecular weight is 381 g/mol. The van der Waals surface area contributed by atoms with E-state index in [2.05, 4.69) is 48.5 Å². The highest BCUT2D eigenvalue weighted by atomic mass is 79.9. The van der Waals surface area contributed by atoms with Gasteiger partial charge in [0, 0.05) is 10.9 Å². The first-order valence-electron chi connectivity index (χ1n) is 8.40. The molecule has 0 bridgehead atoms. The Hall–Kier alpha value is -0.800. The number of rotatable bonds is 5. The van der Waals surface area contributed by atoms with Gasteiger partial charge in [-0.15, -0.1) is 6.58 Å². The van der Waals surface area contributed by atoms with E-state index in [0.29, 0.717) is 6.42 Å². The van der Waals surface area contributed by atoms with Crippen molar-refractivity contribution in [1.82, 2.24) is 0 Å². The number of hydrogen-bond acceptors (Lipinski definition) is 2. The summed E-state index contributed by atoms with van der Waals surface area (Å²) in [7, 11) is 1.69. The van der Waals surface area contributed by atoms with Crippen molar-refractivity contribution in [1.29, 1.82) is 0 Å². The molecule has 0 unspecified atom stereocenters. The Bertz CT molecular complexity index is 579. The van der Waals surface area contributed by atoms with Crippen LogP contribution < -0.4 is 4.74 Å². The Balaban J connectivity index is 2.37. The molecule has 0 aromatic heterocycles. The van der Waals surface area contributed by atoms with E-state index in [-0.39, 0.29) is 11.3 Å². The molecule has 128 valence electrons. The van der Waals surface area contributed by atoms with E-state index in [9.17, 15) is 5.11 Å². The van der Waals surface area contributed by atoms with Gasteiger partial charge in [0.25, 0.3) is 0 Å². The number of halogens is 1. The minimum Gasteiger partial charge on any atom is -0.496 e. The molecular weight excluding hydrogens is 352 g/mol. The number of benzene rings is 1. The van der Waals surface area contributed by atoms with Crippen LogP contribution in [0.25, 0.3) is 0 Å². The standard InChI is InChI=1S/C20H29BrO2/c1-6-8-18-19(3,4)9-7-10-20(18,22)13-15-12-17(23-5)14(2)11-16(15)21/h6,11-12,18,22H,1,7-10,13H2,2-5H3/t18-,20-/m0/s1. The van der Waals surface area contributed by atoms with E-state index < -0.39 is 5.60 Å². The molecule has 0 saturated heterocycles. The first-order valence-corrected chi connectivity index (χ1v) is 9.19. The van der Waals surface area contributed by atoms with Crippen molar-refractivity contribution in [2.75, 3.05) is 7.11 Å². The second-order valence-corrected chi connectivity index (χ2v) is 8.47. The zero-order chi connectivity index (χ0) is 17.3. The molecular formula is C20H29BrO2. The molecule has 2 rings (SSSR count). The van der Waals surface area contributed by atoms with Gasteiger partial charge in [0.15, 0.2) is 0 Å². The van der Waals surface area contributed by atoms with E-state index in [0.717, 1.165) is 47.0 Å². The summed E-state index contributed by atoms with van der Waals surface area (Å²) in [6.07, 6.45) is 6.52. The predicted molar refractivity (Wildman–Crippen MR) is 100 cm³/mol. The fourth-order valence-corrected chi connectivity index (χ4v) is 4.82. The summed E-state index contributed by atoms with van der Waals surface area (Å²) in [6, 6.07) is 4.14. The third-order valence-electron chi connectivity index (χ3n) is 5.49. The van der Waals surface area contributed by atoms with Crippen molar-refractivity contribution in [3.05, 3.63) is 40.4 Å². The molecule has 23 heavy (non-hydrogen) atoms. The van der Waals surface area contributed by atoms with Crippen LogP contribution in [0.2, 0.25) is 0 Å². The summed E-state index contributed by atoms with van der Waals surface area (Å²) < 4.78 is 6.51. The highest BCUT2D eigenvalue weighted by molar-refractivity contribution is 9.10. The molecule has 0 aliphatic heterocycles. The lowest BCUT2D eigenvalue weighted by atomic mass is 9.59. The molecule has 1 aliphatic carbocycles. The van der Waals surface area contributed by atoms with Crippen molar-refractivity contribution in [3.63, 3.8) is 0 Å². The van der Waals surface area contributed by atoms with Crippen molar-refractivity contribution < 1.29 is 9.84 Å². The third-order valence-corrected chi connectivity index (χ3v) is 6.22. The van der Waals surface area contributed by atoms with E-state index in [1.165, 1.54) is 0 Å². The van der Waals surface area contributed by atoms with Gasteiger partial charge in [0.2, 0.25) is 0 Å². The lowest BCUT2D eigenvalue weighted by Crippen LogP contribution is -2.50. The van der Waals surface area contributed by atoms with Crippen LogP contribution in [-0.4, -0.2) is 17.8 Å². The fourth-order valence-electron chi connectivity index (χ4n) is 4.22. The third kappa shape index (κ3) is 3.83. The molecule has 1 aromatic carbocycles. The SMILES string of the molecule is C=CC[C@H]1C(C)(C)CCC[C@]1(O)Cc1cc(OC)c(C)cc1Br. The number of allylic oxidation sites excluding steroid dienone is 1. The first kappa shape index (κ1) is 18.5. The summed E-state index contributed by atoms with van der Waals surface area (Å²) in [5.74, 6) is 1.10. The van der Waals surface area contributed by atoms with Gasteiger partial charge in [0.05, 0.1) is 12.7 Å². The van der Waals surface area contributed by atoms with Gasteiger partial charge in [-0.2, -0.15) is 0 Å². The van der Waals surface area contributed by atoms with Crippen molar-refractivity contribution in [3.8, 4) is 5.75 Å². The van der Waals surface area contributed by atoms with Crippen LogP contribution in [0.1, 0.15) is 50.7 Å². The van der Waals surface area contributed by atoms with Crippen molar-refractivity contribution >= 4 is 15.9 Å². The maximum atomic E-state index is 11.5. The fraction of sp³-hybridized carbons (Fsp3) is 0.600. The highest BCUT2D eigenvalue weighted by Crippen LogP contribution is 2.50. The zero-order valence-electron chi connectivity index (χ0n) is 14.8. The number of ether oxygens (including phenoxy) is 1. The van der Waals surface area contributed by atoms with Crippen LogP contribution in [0.3, 0.4) is 0 Å². The predicted octanol–water partition coefficient (Wildman–Crippen LogP) is 5.44. The molecule has 1 aromatic rings. The Morgan fingerprint density at radius 1 is 1.39 bits per heavy atom. The van der Waals surface area contributed by atoms with E-state index >= 15 is 0 Å². The number of aliphatic hydroxyl groups is 1. The molecule has 1 aliphatic rings. The summed E-state index contributed by atoms with van der Waals surface area (Å²) in [4.78, 5) is 0.